The first kappa shape index (κ1) is 16.7. The summed E-state index contributed by atoms with van der Waals surface area (Å²) in [7, 11) is 0. The summed E-state index contributed by atoms with van der Waals surface area (Å²) in [6, 6.07) is 13.0. The maximum Gasteiger partial charge on any atom is 0.185 e. The number of benzene rings is 2. The average molecular weight is 310 g/mol. The van der Waals surface area contributed by atoms with Crippen molar-refractivity contribution in [1.82, 2.24) is 0 Å². The fraction of sp³-hybridized carbons (Fsp3) is 0.150. The molecule has 0 amide bonds. The fourth-order valence-corrected chi connectivity index (χ4v) is 1.86. The Morgan fingerprint density at radius 3 is 2.30 bits per heavy atom. The van der Waals surface area contributed by atoms with Crippen molar-refractivity contribution < 1.29 is 13.9 Å². The van der Waals surface area contributed by atoms with E-state index in [-0.39, 0.29) is 11.6 Å². The minimum absolute atomic E-state index is 0.106. The molecule has 2 nitrogen and oxygen atoms in total. The second kappa shape index (κ2) is 8.08. The van der Waals surface area contributed by atoms with E-state index in [1.54, 1.807) is 42.5 Å². The number of halogens is 1. The van der Waals surface area contributed by atoms with Crippen molar-refractivity contribution in [3.8, 4) is 5.75 Å². The van der Waals surface area contributed by atoms with Gasteiger partial charge in [-0.25, -0.2) is 4.39 Å². The van der Waals surface area contributed by atoms with E-state index < -0.39 is 0 Å². The lowest BCUT2D eigenvalue weighted by Gasteiger charge is -2.04. The number of ether oxygens (including phenoxy) is 1. The smallest absolute Gasteiger partial charge is 0.185 e. The van der Waals surface area contributed by atoms with Gasteiger partial charge in [0.25, 0.3) is 0 Å². The van der Waals surface area contributed by atoms with Crippen LogP contribution in [-0.2, 0) is 0 Å². The molecule has 0 aliphatic carbocycles. The Kier molecular flexibility index (Phi) is 5.87. The summed E-state index contributed by atoms with van der Waals surface area (Å²) in [5.41, 5.74) is 2.56. The molecule has 3 heteroatoms. The largest absolute Gasteiger partial charge is 0.490 e. The third-order valence-electron chi connectivity index (χ3n) is 3.18. The van der Waals surface area contributed by atoms with Crippen LogP contribution >= 0.6 is 0 Å². The van der Waals surface area contributed by atoms with Crippen LogP contribution in [0.1, 0.15) is 29.8 Å². The third-order valence-corrected chi connectivity index (χ3v) is 3.18. The van der Waals surface area contributed by atoms with Crippen molar-refractivity contribution in [3.63, 3.8) is 0 Å². The Hall–Kier alpha value is -2.68. The van der Waals surface area contributed by atoms with Crippen LogP contribution in [0.3, 0.4) is 0 Å². The third kappa shape index (κ3) is 5.55. The van der Waals surface area contributed by atoms with Crippen molar-refractivity contribution >= 4 is 11.9 Å². The summed E-state index contributed by atoms with van der Waals surface area (Å²) < 4.78 is 18.4. The maximum atomic E-state index is 12.8. The number of allylic oxidation sites excluding steroid dienone is 2. The molecule has 2 rings (SSSR count). The van der Waals surface area contributed by atoms with Gasteiger partial charge >= 0.3 is 0 Å². The van der Waals surface area contributed by atoms with Gasteiger partial charge in [-0.3, -0.25) is 4.79 Å². The van der Waals surface area contributed by atoms with Gasteiger partial charge in [0.05, 0.1) is 0 Å². The number of ketones is 1. The molecule has 0 heterocycles. The van der Waals surface area contributed by atoms with Crippen LogP contribution in [0.5, 0.6) is 5.75 Å². The molecule has 0 atom stereocenters. The lowest BCUT2D eigenvalue weighted by atomic mass is 10.1. The molecular weight excluding hydrogens is 291 g/mol. The van der Waals surface area contributed by atoms with Crippen molar-refractivity contribution in [3.05, 3.63) is 83.2 Å². The number of carbonyl (C=O) groups is 1. The zero-order chi connectivity index (χ0) is 16.7. The van der Waals surface area contributed by atoms with Crippen LogP contribution in [-0.4, -0.2) is 12.4 Å². The highest BCUT2D eigenvalue weighted by Crippen LogP contribution is 2.14. The van der Waals surface area contributed by atoms with Crippen molar-refractivity contribution in [1.29, 1.82) is 0 Å². The monoisotopic (exact) mass is 310 g/mol. The van der Waals surface area contributed by atoms with E-state index in [4.69, 9.17) is 4.74 Å². The quantitative estimate of drug-likeness (QED) is 0.423. The second-order valence-electron chi connectivity index (χ2n) is 5.37. The molecule has 0 aliphatic heterocycles. The molecule has 0 saturated carbocycles. The summed E-state index contributed by atoms with van der Waals surface area (Å²) in [4.78, 5) is 12.1. The molecule has 118 valence electrons. The Labute approximate surface area is 135 Å². The van der Waals surface area contributed by atoms with Crippen molar-refractivity contribution in [2.24, 2.45) is 0 Å². The molecule has 0 N–H and O–H groups in total. The minimum atomic E-state index is -0.294. The average Bonchev–Trinajstić information content (AvgIpc) is 2.54. The van der Waals surface area contributed by atoms with E-state index >= 15 is 0 Å². The molecule has 0 spiro atoms. The van der Waals surface area contributed by atoms with Crippen LogP contribution in [0.2, 0.25) is 0 Å². The van der Waals surface area contributed by atoms with Gasteiger partial charge in [0, 0.05) is 5.56 Å². The lowest BCUT2D eigenvalue weighted by molar-refractivity contribution is 0.104. The molecular formula is C20H19FO2. The molecule has 0 fully saturated rings. The Morgan fingerprint density at radius 2 is 1.70 bits per heavy atom. The molecule has 0 saturated heterocycles. The number of rotatable bonds is 6. The predicted octanol–water partition coefficient (Wildman–Crippen LogP) is 5.07. The van der Waals surface area contributed by atoms with Gasteiger partial charge in [-0.15, -0.1) is 0 Å². The van der Waals surface area contributed by atoms with Gasteiger partial charge in [-0.05, 0) is 68.0 Å². The highest BCUT2D eigenvalue weighted by molar-refractivity contribution is 6.06. The number of hydrogen-bond donors (Lipinski definition) is 0. The molecule has 0 unspecified atom stereocenters. The molecule has 0 bridgehead atoms. The maximum absolute atomic E-state index is 12.8. The topological polar surface area (TPSA) is 26.3 Å². The lowest BCUT2D eigenvalue weighted by Crippen LogP contribution is -1.97. The Balaban J connectivity index is 1.97. The van der Waals surface area contributed by atoms with Crippen LogP contribution < -0.4 is 4.74 Å². The number of hydrogen-bond acceptors (Lipinski definition) is 2. The Morgan fingerprint density at radius 1 is 1.04 bits per heavy atom. The van der Waals surface area contributed by atoms with Crippen LogP contribution in [0.25, 0.3) is 6.08 Å². The van der Waals surface area contributed by atoms with E-state index in [9.17, 15) is 9.18 Å². The van der Waals surface area contributed by atoms with Crippen LogP contribution in [0.4, 0.5) is 4.39 Å². The van der Waals surface area contributed by atoms with E-state index in [1.165, 1.54) is 23.8 Å². The molecule has 0 radical (unpaired) electrons. The van der Waals surface area contributed by atoms with Gasteiger partial charge in [0.2, 0.25) is 0 Å². The number of carbonyl (C=O) groups excluding carboxylic acids is 1. The van der Waals surface area contributed by atoms with E-state index in [1.807, 2.05) is 19.9 Å². The molecule has 23 heavy (non-hydrogen) atoms. The molecule has 0 aliphatic rings. The zero-order valence-electron chi connectivity index (χ0n) is 13.3. The first-order chi connectivity index (χ1) is 11.0. The zero-order valence-corrected chi connectivity index (χ0v) is 13.3. The first-order valence-electron chi connectivity index (χ1n) is 7.39. The van der Waals surface area contributed by atoms with Crippen molar-refractivity contribution in [2.75, 3.05) is 6.61 Å². The standard InChI is InChI=1S/C20H19FO2/c1-15(2)13-14-23-19-10-6-17(7-11-19)20(22)12-5-16-3-8-18(21)9-4-16/h3-13H,14H2,1-2H3/b12-5+. The fourth-order valence-electron chi connectivity index (χ4n) is 1.86. The minimum Gasteiger partial charge on any atom is -0.490 e. The molecule has 2 aromatic carbocycles. The summed E-state index contributed by atoms with van der Waals surface area (Å²) in [6.45, 7) is 4.54. The SMILES string of the molecule is CC(C)=CCOc1ccc(C(=O)/C=C/c2ccc(F)cc2)cc1. The van der Waals surface area contributed by atoms with Crippen LogP contribution in [0.15, 0.2) is 66.3 Å². The van der Waals surface area contributed by atoms with E-state index in [0.29, 0.717) is 12.2 Å². The van der Waals surface area contributed by atoms with E-state index in [2.05, 4.69) is 0 Å². The van der Waals surface area contributed by atoms with Crippen LogP contribution in [0, 0.1) is 5.82 Å². The van der Waals surface area contributed by atoms with Gasteiger partial charge in [0.1, 0.15) is 18.2 Å². The van der Waals surface area contributed by atoms with Gasteiger partial charge in [-0.1, -0.05) is 23.8 Å². The second-order valence-corrected chi connectivity index (χ2v) is 5.37. The van der Waals surface area contributed by atoms with Gasteiger partial charge < -0.3 is 4.74 Å². The van der Waals surface area contributed by atoms with Gasteiger partial charge in [-0.2, -0.15) is 0 Å². The summed E-state index contributed by atoms with van der Waals surface area (Å²) >= 11 is 0. The highest BCUT2D eigenvalue weighted by Gasteiger charge is 2.02. The molecule has 0 aromatic heterocycles. The predicted molar refractivity (Wildman–Crippen MR) is 91.1 cm³/mol. The molecule has 2 aromatic rings. The highest BCUT2D eigenvalue weighted by atomic mass is 19.1. The van der Waals surface area contributed by atoms with Crippen molar-refractivity contribution in [2.45, 2.75) is 13.8 Å². The summed E-state index contributed by atoms with van der Waals surface area (Å²) in [6.07, 6.45) is 5.14. The normalized spacial score (nSPS) is 10.6. The van der Waals surface area contributed by atoms with E-state index in [0.717, 1.165) is 11.3 Å². The Bertz CT molecular complexity index is 706. The first-order valence-corrected chi connectivity index (χ1v) is 7.39. The summed E-state index contributed by atoms with van der Waals surface area (Å²) in [5, 5.41) is 0. The summed E-state index contributed by atoms with van der Waals surface area (Å²) in [5.74, 6) is 0.323. The van der Waals surface area contributed by atoms with Gasteiger partial charge in [0.15, 0.2) is 5.78 Å².